The van der Waals surface area contributed by atoms with Crippen LogP contribution in [0.3, 0.4) is 0 Å². The molecule has 0 N–H and O–H groups in total. The van der Waals surface area contributed by atoms with Crippen LogP contribution in [0.1, 0.15) is 51.4 Å². The lowest BCUT2D eigenvalue weighted by Gasteiger charge is -2.24. The average molecular weight is 228 g/mol. The first kappa shape index (κ1) is 12.3. The first-order valence-corrected chi connectivity index (χ1v) is 6.80. The highest BCUT2D eigenvalue weighted by atomic mass is 16.7. The van der Waals surface area contributed by atoms with Gasteiger partial charge in [0.05, 0.1) is 19.3 Å². The third kappa shape index (κ3) is 4.40. The van der Waals surface area contributed by atoms with Crippen molar-refractivity contribution in [2.45, 2.75) is 63.8 Å². The fraction of sp³-hybridized carbons (Fsp3) is 1.00. The molecule has 1 aliphatic heterocycles. The molecular formula is C13H24O3. The minimum atomic E-state index is 0.0312. The Bertz CT molecular complexity index is 152. The quantitative estimate of drug-likeness (QED) is 0.677. The normalized spacial score (nSPS) is 28.1. The van der Waals surface area contributed by atoms with Crippen LogP contribution in [-0.4, -0.2) is 32.2 Å². The van der Waals surface area contributed by atoms with E-state index >= 15 is 0 Å². The molecule has 2 aliphatic rings. The van der Waals surface area contributed by atoms with Crippen molar-refractivity contribution in [3.8, 4) is 0 Å². The highest BCUT2D eigenvalue weighted by molar-refractivity contribution is 4.64. The predicted molar refractivity (Wildman–Crippen MR) is 62.4 cm³/mol. The van der Waals surface area contributed by atoms with Crippen LogP contribution in [0.25, 0.3) is 0 Å². The molecule has 1 unspecified atom stereocenters. The summed E-state index contributed by atoms with van der Waals surface area (Å²) < 4.78 is 16.9. The molecule has 0 radical (unpaired) electrons. The molecule has 2 fully saturated rings. The van der Waals surface area contributed by atoms with Gasteiger partial charge in [0.15, 0.2) is 6.29 Å². The highest BCUT2D eigenvalue weighted by Crippen LogP contribution is 2.20. The Kier molecular flexibility index (Phi) is 5.59. The Balaban J connectivity index is 1.47. The summed E-state index contributed by atoms with van der Waals surface area (Å²) in [6.45, 7) is 2.26. The van der Waals surface area contributed by atoms with E-state index < -0.39 is 0 Å². The lowest BCUT2D eigenvalue weighted by Crippen LogP contribution is -2.25. The molecule has 1 aliphatic carbocycles. The lowest BCUT2D eigenvalue weighted by molar-refractivity contribution is -0.172. The number of rotatable bonds is 5. The number of hydrogen-bond acceptors (Lipinski definition) is 3. The van der Waals surface area contributed by atoms with E-state index in [1.54, 1.807) is 0 Å². The van der Waals surface area contributed by atoms with E-state index in [9.17, 15) is 0 Å². The van der Waals surface area contributed by atoms with Crippen LogP contribution in [-0.2, 0) is 14.2 Å². The molecule has 0 amide bonds. The fourth-order valence-corrected chi connectivity index (χ4v) is 2.47. The van der Waals surface area contributed by atoms with Crippen LogP contribution in [0.15, 0.2) is 0 Å². The Morgan fingerprint density at radius 1 is 0.812 bits per heavy atom. The summed E-state index contributed by atoms with van der Waals surface area (Å²) in [6.07, 6.45) is 10.5. The van der Waals surface area contributed by atoms with E-state index in [2.05, 4.69) is 0 Å². The Hall–Kier alpha value is -0.120. The van der Waals surface area contributed by atoms with Gasteiger partial charge in [-0.1, -0.05) is 19.3 Å². The van der Waals surface area contributed by atoms with Gasteiger partial charge in [0.25, 0.3) is 0 Å². The monoisotopic (exact) mass is 228 g/mol. The first-order chi connectivity index (χ1) is 7.95. The molecule has 0 aromatic heterocycles. The van der Waals surface area contributed by atoms with Crippen molar-refractivity contribution >= 4 is 0 Å². The van der Waals surface area contributed by atoms with Gasteiger partial charge in [0.1, 0.15) is 0 Å². The van der Waals surface area contributed by atoms with Gasteiger partial charge in [-0.25, -0.2) is 0 Å². The van der Waals surface area contributed by atoms with Gasteiger partial charge in [-0.05, 0) is 32.1 Å². The second-order valence-electron chi connectivity index (χ2n) is 4.80. The van der Waals surface area contributed by atoms with Crippen LogP contribution >= 0.6 is 0 Å². The maximum atomic E-state index is 5.79. The molecule has 94 valence electrons. The zero-order valence-corrected chi connectivity index (χ0v) is 10.2. The van der Waals surface area contributed by atoms with Gasteiger partial charge < -0.3 is 14.2 Å². The van der Waals surface area contributed by atoms with Gasteiger partial charge in [-0.3, -0.25) is 0 Å². The second-order valence-corrected chi connectivity index (χ2v) is 4.80. The van der Waals surface area contributed by atoms with Crippen LogP contribution < -0.4 is 0 Å². The van der Waals surface area contributed by atoms with E-state index in [1.165, 1.54) is 44.9 Å². The van der Waals surface area contributed by atoms with Crippen LogP contribution in [0.2, 0.25) is 0 Å². The Labute approximate surface area is 98.4 Å². The molecule has 0 aromatic rings. The third-order valence-electron chi connectivity index (χ3n) is 3.43. The Morgan fingerprint density at radius 3 is 2.31 bits per heavy atom. The zero-order chi connectivity index (χ0) is 11.1. The molecule has 0 bridgehead atoms. The largest absolute Gasteiger partial charge is 0.376 e. The van der Waals surface area contributed by atoms with E-state index in [0.717, 1.165) is 19.6 Å². The van der Waals surface area contributed by atoms with Gasteiger partial charge >= 0.3 is 0 Å². The molecular weight excluding hydrogens is 204 g/mol. The smallest absolute Gasteiger partial charge is 0.157 e. The minimum absolute atomic E-state index is 0.0312. The summed E-state index contributed by atoms with van der Waals surface area (Å²) in [5.41, 5.74) is 0. The van der Waals surface area contributed by atoms with Crippen LogP contribution in [0.4, 0.5) is 0 Å². The summed E-state index contributed by atoms with van der Waals surface area (Å²) in [4.78, 5) is 0. The fourth-order valence-electron chi connectivity index (χ4n) is 2.47. The molecule has 2 rings (SSSR count). The molecule has 0 aromatic carbocycles. The van der Waals surface area contributed by atoms with Gasteiger partial charge in [0, 0.05) is 6.61 Å². The topological polar surface area (TPSA) is 27.7 Å². The summed E-state index contributed by atoms with van der Waals surface area (Å²) in [5, 5.41) is 0. The molecule has 1 saturated heterocycles. The van der Waals surface area contributed by atoms with E-state index in [0.29, 0.717) is 12.7 Å². The summed E-state index contributed by atoms with van der Waals surface area (Å²) in [6, 6.07) is 0. The van der Waals surface area contributed by atoms with Crippen molar-refractivity contribution in [2.24, 2.45) is 0 Å². The van der Waals surface area contributed by atoms with E-state index in [4.69, 9.17) is 14.2 Å². The van der Waals surface area contributed by atoms with E-state index in [1.807, 2.05) is 0 Å². The van der Waals surface area contributed by atoms with Crippen molar-refractivity contribution in [1.29, 1.82) is 0 Å². The molecule has 3 nitrogen and oxygen atoms in total. The van der Waals surface area contributed by atoms with Gasteiger partial charge in [0.2, 0.25) is 0 Å². The first-order valence-electron chi connectivity index (χ1n) is 6.80. The maximum Gasteiger partial charge on any atom is 0.157 e. The second kappa shape index (κ2) is 7.25. The number of hydrogen-bond donors (Lipinski definition) is 0. The minimum Gasteiger partial charge on any atom is -0.376 e. The van der Waals surface area contributed by atoms with E-state index in [-0.39, 0.29) is 6.29 Å². The highest BCUT2D eigenvalue weighted by Gasteiger charge is 2.15. The zero-order valence-electron chi connectivity index (χ0n) is 10.2. The average Bonchev–Trinajstić information content (AvgIpc) is 2.37. The standard InChI is InChI=1S/C13H24O3/c1-2-6-12(7-3-1)14-10-11-16-13-8-4-5-9-15-13/h12-13H,1-11H2. The van der Waals surface area contributed by atoms with Gasteiger partial charge in [-0.2, -0.15) is 0 Å². The molecule has 1 saturated carbocycles. The van der Waals surface area contributed by atoms with Crippen LogP contribution in [0, 0.1) is 0 Å². The number of ether oxygens (including phenoxy) is 3. The predicted octanol–water partition coefficient (Wildman–Crippen LogP) is 2.88. The summed E-state index contributed by atoms with van der Waals surface area (Å²) in [7, 11) is 0. The SMILES string of the molecule is C1CCC(OCCOC2CCCCO2)CC1. The molecule has 0 spiro atoms. The van der Waals surface area contributed by atoms with Crippen molar-refractivity contribution in [3.63, 3.8) is 0 Å². The Morgan fingerprint density at radius 2 is 1.56 bits per heavy atom. The van der Waals surface area contributed by atoms with Gasteiger partial charge in [-0.15, -0.1) is 0 Å². The third-order valence-corrected chi connectivity index (χ3v) is 3.43. The van der Waals surface area contributed by atoms with Crippen molar-refractivity contribution in [1.82, 2.24) is 0 Å². The summed E-state index contributed by atoms with van der Waals surface area (Å²) in [5.74, 6) is 0. The molecule has 3 heteroatoms. The molecule has 16 heavy (non-hydrogen) atoms. The summed E-state index contributed by atoms with van der Waals surface area (Å²) >= 11 is 0. The van der Waals surface area contributed by atoms with Crippen molar-refractivity contribution in [2.75, 3.05) is 19.8 Å². The molecule has 1 atom stereocenters. The lowest BCUT2D eigenvalue weighted by atomic mass is 9.98. The molecule has 1 heterocycles. The van der Waals surface area contributed by atoms with Crippen LogP contribution in [0.5, 0.6) is 0 Å². The maximum absolute atomic E-state index is 5.79. The van der Waals surface area contributed by atoms with Crippen molar-refractivity contribution < 1.29 is 14.2 Å². The van der Waals surface area contributed by atoms with Crippen molar-refractivity contribution in [3.05, 3.63) is 0 Å².